The van der Waals surface area contributed by atoms with E-state index in [1.165, 1.54) is 64.2 Å². The van der Waals surface area contributed by atoms with Crippen LogP contribution in [0.15, 0.2) is 11.6 Å². The molecule has 0 amide bonds. The fourth-order valence-corrected chi connectivity index (χ4v) is 10.6. The van der Waals surface area contributed by atoms with Gasteiger partial charge in [-0.1, -0.05) is 91.1 Å². The van der Waals surface area contributed by atoms with E-state index in [1.807, 2.05) is 0 Å². The molecular formula is C32H53ClOS. The first kappa shape index (κ1) is 28.1. The van der Waals surface area contributed by atoms with Crippen LogP contribution < -0.4 is 0 Å². The lowest BCUT2D eigenvalue weighted by Crippen LogP contribution is -2.50. The van der Waals surface area contributed by atoms with Gasteiger partial charge < -0.3 is 0 Å². The van der Waals surface area contributed by atoms with Gasteiger partial charge in [0.05, 0.1) is 0 Å². The van der Waals surface area contributed by atoms with E-state index in [-0.39, 0.29) is 16.4 Å². The fourth-order valence-electron chi connectivity index (χ4n) is 9.25. The lowest BCUT2D eigenvalue weighted by Gasteiger charge is -2.58. The minimum absolute atomic E-state index is 0.192. The van der Waals surface area contributed by atoms with Crippen molar-refractivity contribution in [1.29, 1.82) is 0 Å². The third-order valence-corrected chi connectivity index (χ3v) is 13.4. The largest absolute Gasteiger partial charge is 0.286 e. The molecule has 4 aliphatic rings. The van der Waals surface area contributed by atoms with Crippen molar-refractivity contribution >= 4 is 28.5 Å². The Balaban J connectivity index is 1.43. The number of hydrogen-bond acceptors (Lipinski definition) is 2. The second-order valence-electron chi connectivity index (χ2n) is 14.2. The molecule has 4 rings (SSSR count). The van der Waals surface area contributed by atoms with Crippen molar-refractivity contribution in [2.45, 2.75) is 130 Å². The normalized spacial score (nSPS) is 40.6. The Morgan fingerprint density at radius 1 is 1.03 bits per heavy atom. The molecule has 0 radical (unpaired) electrons. The molecule has 4 aliphatic carbocycles. The van der Waals surface area contributed by atoms with E-state index in [2.05, 4.69) is 54.5 Å². The van der Waals surface area contributed by atoms with Crippen molar-refractivity contribution in [3.63, 3.8) is 0 Å². The first-order chi connectivity index (χ1) is 16.5. The molecule has 1 nitrogen and oxygen atoms in total. The zero-order chi connectivity index (χ0) is 25.5. The number of fused-ring (bicyclic) bond motifs is 5. The number of carbonyl (C=O) groups excluding carboxylic acids is 1. The van der Waals surface area contributed by atoms with Gasteiger partial charge in [0.15, 0.2) is 0 Å². The summed E-state index contributed by atoms with van der Waals surface area (Å²) in [5.41, 5.74) is 2.61. The average molecular weight is 521 g/mol. The van der Waals surface area contributed by atoms with Gasteiger partial charge in [-0.2, -0.15) is 0 Å². The van der Waals surface area contributed by atoms with Gasteiger partial charge in [0.1, 0.15) is 5.38 Å². The molecule has 0 N–H and O–H groups in total. The number of hydrogen-bond donors (Lipinski definition) is 0. The summed E-state index contributed by atoms with van der Waals surface area (Å²) in [7, 11) is 0. The van der Waals surface area contributed by atoms with Crippen LogP contribution in [0.4, 0.5) is 0 Å². The highest BCUT2D eigenvalue weighted by Crippen LogP contribution is 2.67. The van der Waals surface area contributed by atoms with Crippen LogP contribution in [0.5, 0.6) is 0 Å². The molecule has 9 atom stereocenters. The third-order valence-electron chi connectivity index (χ3n) is 11.4. The minimum atomic E-state index is -0.350. The standard InChI is InChI=1S/C32H53ClOS/c1-20(2)9-8-10-22(5)26-13-14-27-25-12-11-23-19-24(35-30(34)29(33)21(3)4)15-17-31(23,6)28(25)16-18-32(26,27)7/h11,20-22,24-29H,8-10,12-19H2,1-7H3/t22-,24-,25+,26-,27+,28+,29-,31-,32+/m0/s1. The van der Waals surface area contributed by atoms with Gasteiger partial charge in [-0.25, -0.2) is 0 Å². The molecule has 0 aliphatic heterocycles. The summed E-state index contributed by atoms with van der Waals surface area (Å²) < 4.78 is 0. The number of thioether (sulfide) groups is 1. The second kappa shape index (κ2) is 11.0. The molecule has 0 saturated heterocycles. The molecule has 0 unspecified atom stereocenters. The SMILES string of the molecule is CC(C)CCC[C@H](C)[C@@H]1CC[C@@H]2[C@H]3CC=C4C[C@@H](SC(=O)[C@@H](Cl)C(C)C)CC[C@]4(C)[C@@H]3CC[C@@]21C. The van der Waals surface area contributed by atoms with Crippen molar-refractivity contribution in [3.8, 4) is 0 Å². The van der Waals surface area contributed by atoms with Crippen molar-refractivity contribution in [3.05, 3.63) is 11.6 Å². The Morgan fingerprint density at radius 3 is 2.46 bits per heavy atom. The Bertz CT molecular complexity index is 788. The summed E-state index contributed by atoms with van der Waals surface area (Å²) in [6.45, 7) is 16.7. The maximum atomic E-state index is 12.7. The van der Waals surface area contributed by atoms with E-state index in [1.54, 1.807) is 17.3 Å². The molecule has 3 fully saturated rings. The quantitative estimate of drug-likeness (QED) is 0.234. The number of alkyl halides is 1. The summed E-state index contributed by atoms with van der Waals surface area (Å²) in [6.07, 6.45) is 17.5. The summed E-state index contributed by atoms with van der Waals surface area (Å²) in [4.78, 5) is 12.7. The highest BCUT2D eigenvalue weighted by molar-refractivity contribution is 8.14. The third kappa shape index (κ3) is 5.46. The molecule has 0 heterocycles. The lowest BCUT2D eigenvalue weighted by atomic mass is 9.47. The van der Waals surface area contributed by atoms with Gasteiger partial charge in [0.2, 0.25) is 5.12 Å². The van der Waals surface area contributed by atoms with Crippen LogP contribution in [0.2, 0.25) is 0 Å². The fraction of sp³-hybridized carbons (Fsp3) is 0.906. The van der Waals surface area contributed by atoms with Crippen LogP contribution in [-0.2, 0) is 4.79 Å². The topological polar surface area (TPSA) is 17.1 Å². The van der Waals surface area contributed by atoms with Gasteiger partial charge in [-0.15, -0.1) is 11.6 Å². The van der Waals surface area contributed by atoms with Crippen LogP contribution in [0.25, 0.3) is 0 Å². The van der Waals surface area contributed by atoms with Crippen molar-refractivity contribution < 1.29 is 4.79 Å². The van der Waals surface area contributed by atoms with E-state index in [0.717, 1.165) is 41.9 Å². The van der Waals surface area contributed by atoms with Crippen molar-refractivity contribution in [1.82, 2.24) is 0 Å². The van der Waals surface area contributed by atoms with Crippen molar-refractivity contribution in [2.75, 3.05) is 0 Å². The second-order valence-corrected chi connectivity index (χ2v) is 16.0. The molecule has 0 bridgehead atoms. The van der Waals surface area contributed by atoms with E-state index >= 15 is 0 Å². The number of rotatable bonds is 8. The summed E-state index contributed by atoms with van der Waals surface area (Å²) >= 11 is 7.95. The van der Waals surface area contributed by atoms with Gasteiger partial charge in [0.25, 0.3) is 0 Å². The van der Waals surface area contributed by atoms with Gasteiger partial charge >= 0.3 is 0 Å². The maximum absolute atomic E-state index is 12.7. The van der Waals surface area contributed by atoms with E-state index < -0.39 is 0 Å². The van der Waals surface area contributed by atoms with Crippen LogP contribution in [0, 0.1) is 52.3 Å². The first-order valence-corrected chi connectivity index (χ1v) is 16.3. The average Bonchev–Trinajstić information content (AvgIpc) is 3.15. The van der Waals surface area contributed by atoms with E-state index in [0.29, 0.717) is 16.1 Å². The highest BCUT2D eigenvalue weighted by atomic mass is 35.5. The van der Waals surface area contributed by atoms with Crippen molar-refractivity contribution in [2.24, 2.45) is 52.3 Å². The monoisotopic (exact) mass is 520 g/mol. The van der Waals surface area contributed by atoms with Gasteiger partial charge in [-0.05, 0) is 104 Å². The predicted octanol–water partition coefficient (Wildman–Crippen LogP) is 9.92. The van der Waals surface area contributed by atoms with Crippen LogP contribution in [0.3, 0.4) is 0 Å². The molecule has 0 aromatic heterocycles. The van der Waals surface area contributed by atoms with Gasteiger partial charge in [0, 0.05) is 5.25 Å². The molecule has 200 valence electrons. The number of carbonyl (C=O) groups is 1. The molecule has 0 aromatic rings. The summed E-state index contributed by atoms with van der Waals surface area (Å²) in [5, 5.41) is 0.268. The lowest BCUT2D eigenvalue weighted by molar-refractivity contribution is -0.111. The molecule has 0 aromatic carbocycles. The van der Waals surface area contributed by atoms with Crippen LogP contribution in [-0.4, -0.2) is 15.7 Å². The molecular weight excluding hydrogens is 468 g/mol. The first-order valence-electron chi connectivity index (χ1n) is 15.0. The van der Waals surface area contributed by atoms with Gasteiger partial charge in [-0.3, -0.25) is 4.79 Å². The van der Waals surface area contributed by atoms with Crippen LogP contribution >= 0.6 is 23.4 Å². The predicted molar refractivity (Wildman–Crippen MR) is 154 cm³/mol. The molecule has 3 heteroatoms. The Hall–Kier alpha value is 0.0500. The molecule has 0 spiro atoms. The zero-order valence-electron chi connectivity index (χ0n) is 23.7. The molecule has 35 heavy (non-hydrogen) atoms. The Labute approximate surface area is 226 Å². The number of halogens is 1. The highest BCUT2D eigenvalue weighted by Gasteiger charge is 2.59. The number of allylic oxidation sites excluding steroid dienone is 2. The Morgan fingerprint density at radius 2 is 1.77 bits per heavy atom. The van der Waals surface area contributed by atoms with E-state index in [9.17, 15) is 4.79 Å². The Kier molecular flexibility index (Phi) is 8.85. The minimum Gasteiger partial charge on any atom is -0.286 e. The summed E-state index contributed by atoms with van der Waals surface area (Å²) in [6, 6.07) is 0. The van der Waals surface area contributed by atoms with E-state index in [4.69, 9.17) is 11.6 Å². The smallest absolute Gasteiger partial charge is 0.207 e. The summed E-state index contributed by atoms with van der Waals surface area (Å²) in [5.74, 6) is 5.53. The molecule has 3 saturated carbocycles. The van der Waals surface area contributed by atoms with Crippen LogP contribution in [0.1, 0.15) is 119 Å². The zero-order valence-corrected chi connectivity index (χ0v) is 25.3. The maximum Gasteiger partial charge on any atom is 0.207 e.